The third-order valence-corrected chi connectivity index (χ3v) is 1.03. The van der Waals surface area contributed by atoms with Crippen molar-refractivity contribution in [3.8, 4) is 0 Å². The van der Waals surface area contributed by atoms with Crippen molar-refractivity contribution in [1.82, 2.24) is 4.85 Å². The highest BCUT2D eigenvalue weighted by atomic mass is 16.5. The van der Waals surface area contributed by atoms with Gasteiger partial charge in [0.2, 0.25) is 0 Å². The van der Waals surface area contributed by atoms with Crippen LogP contribution in [0.2, 0.25) is 0 Å². The predicted molar refractivity (Wildman–Crippen MR) is 31.3 cm³/mol. The van der Waals surface area contributed by atoms with E-state index in [9.17, 15) is 10.1 Å². The first-order valence-electron chi connectivity index (χ1n) is 2.50. The molecule has 0 radical (unpaired) electrons. The van der Waals surface area contributed by atoms with Crippen molar-refractivity contribution in [2.45, 2.75) is 6.92 Å². The third-order valence-electron chi connectivity index (χ3n) is 1.03. The molecule has 0 aliphatic carbocycles. The molecule has 4 nitrogen and oxygen atoms in total. The number of rotatable bonds is 0. The zero-order valence-corrected chi connectivity index (χ0v) is 4.94. The maximum atomic E-state index is 10.5. The third kappa shape index (κ3) is 0.910. The fourth-order valence-corrected chi connectivity index (χ4v) is 0.536. The fraction of sp³-hybridized carbons (Fsp3) is 0.200. The maximum Gasteiger partial charge on any atom is 0.257 e. The van der Waals surface area contributed by atoms with Gasteiger partial charge in [0.25, 0.3) is 6.20 Å². The van der Waals surface area contributed by atoms with Gasteiger partial charge in [0, 0.05) is 6.07 Å². The number of hydrogen-bond donors (Lipinski definition) is 0. The second kappa shape index (κ2) is 1.89. The van der Waals surface area contributed by atoms with Gasteiger partial charge in [-0.2, -0.15) is 0 Å². The zero-order valence-electron chi connectivity index (χ0n) is 4.94. The summed E-state index contributed by atoms with van der Waals surface area (Å²) in [5.74, 6) is 0. The molecule has 0 unspecified atom stereocenters. The van der Waals surface area contributed by atoms with Crippen molar-refractivity contribution in [2.24, 2.45) is 0 Å². The van der Waals surface area contributed by atoms with Crippen LogP contribution in [0.4, 0.5) is 0 Å². The van der Waals surface area contributed by atoms with E-state index in [4.69, 9.17) is 0 Å². The van der Waals surface area contributed by atoms with E-state index in [1.807, 2.05) is 0 Å². The normalized spacial score (nSPS) is 9.44. The highest BCUT2D eigenvalue weighted by Gasteiger charge is 1.92. The lowest BCUT2D eigenvalue weighted by atomic mass is 10.4. The van der Waals surface area contributed by atoms with Crippen LogP contribution in [0, 0.1) is 17.0 Å². The Morgan fingerprint density at radius 1 is 1.78 bits per heavy atom. The summed E-state index contributed by atoms with van der Waals surface area (Å²) >= 11 is 0. The van der Waals surface area contributed by atoms with E-state index in [2.05, 4.69) is 0 Å². The molecule has 1 rings (SSSR count). The van der Waals surface area contributed by atoms with Crippen molar-refractivity contribution in [3.05, 3.63) is 34.1 Å². The molecule has 1 heterocycles. The molecule has 0 spiro atoms. The molecule has 9 heavy (non-hydrogen) atoms. The highest BCUT2D eigenvalue weighted by Crippen LogP contribution is 1.86. The van der Waals surface area contributed by atoms with Gasteiger partial charge in [0.15, 0.2) is 4.54 Å². The molecule has 0 amide bonds. The summed E-state index contributed by atoms with van der Waals surface area (Å²) in [5.41, 5.74) is 0.396. The molecule has 4 heteroatoms. The Morgan fingerprint density at radius 2 is 2.44 bits per heavy atom. The molecule has 0 aromatic carbocycles. The van der Waals surface area contributed by atoms with Crippen LogP contribution in [0.3, 0.4) is 0 Å². The molecule has 0 saturated carbocycles. The number of aromatic nitrogens is 2. The van der Waals surface area contributed by atoms with Gasteiger partial charge < -0.3 is 5.21 Å². The minimum absolute atomic E-state index is 0.231. The van der Waals surface area contributed by atoms with Crippen molar-refractivity contribution in [2.75, 3.05) is 0 Å². The Bertz CT molecular complexity index is 266. The van der Waals surface area contributed by atoms with E-state index in [0.717, 1.165) is 6.20 Å². The Labute approximate surface area is 51.5 Å². The smallest absolute Gasteiger partial charge is 0.257 e. The van der Waals surface area contributed by atoms with Crippen molar-refractivity contribution >= 4 is 0 Å². The van der Waals surface area contributed by atoms with Crippen LogP contribution < -0.4 is 4.54 Å². The molecule has 0 N–H and O–H groups in total. The SMILES string of the molecule is Cc1ccc[n+](=O)n1[O-]. The van der Waals surface area contributed by atoms with Crippen LogP contribution >= 0.6 is 0 Å². The van der Waals surface area contributed by atoms with Crippen LogP contribution in [0.5, 0.6) is 0 Å². The van der Waals surface area contributed by atoms with Gasteiger partial charge in [-0.25, -0.2) is 0 Å². The quantitative estimate of drug-likeness (QED) is 0.461. The second-order valence-corrected chi connectivity index (χ2v) is 1.73. The minimum Gasteiger partial charge on any atom is -0.755 e. The van der Waals surface area contributed by atoms with E-state index < -0.39 is 0 Å². The molecular formula is C5H6N2O2. The van der Waals surface area contributed by atoms with E-state index in [-0.39, 0.29) is 9.39 Å². The number of nitrogens with zero attached hydrogens (tertiary/aromatic N) is 2. The van der Waals surface area contributed by atoms with Crippen LogP contribution in [-0.4, -0.2) is 4.85 Å². The predicted octanol–water partition coefficient (Wildman–Crippen LogP) is 0.0569. The van der Waals surface area contributed by atoms with Crippen molar-refractivity contribution in [3.63, 3.8) is 0 Å². The molecular weight excluding hydrogens is 120 g/mol. The summed E-state index contributed by atoms with van der Waals surface area (Å²) in [7, 11) is 0. The van der Waals surface area contributed by atoms with Crippen molar-refractivity contribution in [1.29, 1.82) is 0 Å². The molecule has 1 aromatic rings. The topological polar surface area (TPSA) is 51.0 Å². The van der Waals surface area contributed by atoms with Gasteiger partial charge in [-0.1, -0.05) is 0 Å². The monoisotopic (exact) mass is 126 g/mol. The van der Waals surface area contributed by atoms with Crippen LogP contribution in [0.15, 0.2) is 18.3 Å². The van der Waals surface area contributed by atoms with E-state index in [1.54, 1.807) is 13.0 Å². The van der Waals surface area contributed by atoms with E-state index >= 15 is 0 Å². The first-order chi connectivity index (χ1) is 4.22. The van der Waals surface area contributed by atoms with E-state index in [1.165, 1.54) is 6.07 Å². The first-order valence-corrected chi connectivity index (χ1v) is 2.50. The second-order valence-electron chi connectivity index (χ2n) is 1.73. The van der Waals surface area contributed by atoms with Crippen LogP contribution in [0.1, 0.15) is 5.69 Å². The molecule has 0 saturated heterocycles. The highest BCUT2D eigenvalue weighted by molar-refractivity contribution is 4.95. The van der Waals surface area contributed by atoms with Gasteiger partial charge in [0.1, 0.15) is 0 Å². The van der Waals surface area contributed by atoms with Crippen LogP contribution in [-0.2, 0) is 0 Å². The maximum absolute atomic E-state index is 10.5. The molecule has 1 aromatic heterocycles. The molecule has 0 atom stereocenters. The summed E-state index contributed by atoms with van der Waals surface area (Å²) in [5, 5.41) is 10.5. The van der Waals surface area contributed by atoms with Gasteiger partial charge in [0.05, 0.1) is 10.6 Å². The molecule has 0 bridgehead atoms. The summed E-state index contributed by atoms with van der Waals surface area (Å²) in [6.07, 6.45) is 1.15. The molecule has 0 aliphatic rings. The molecule has 0 aliphatic heterocycles. The summed E-state index contributed by atoms with van der Waals surface area (Å²) < 4.78 is 0.231. The Hall–Kier alpha value is -1.32. The van der Waals surface area contributed by atoms with Gasteiger partial charge in [-0.05, 0) is 13.0 Å². The Kier molecular flexibility index (Phi) is 1.22. The average molecular weight is 126 g/mol. The fourth-order valence-electron chi connectivity index (χ4n) is 0.536. The molecule has 48 valence electrons. The van der Waals surface area contributed by atoms with Crippen molar-refractivity contribution < 1.29 is 4.54 Å². The zero-order chi connectivity index (χ0) is 6.85. The standard InChI is InChI=1S/C5H6N2O2/c1-5-3-2-4-6(8)7(5)9/h2-4H,1H3. The lowest BCUT2D eigenvalue weighted by Gasteiger charge is -2.00. The van der Waals surface area contributed by atoms with Gasteiger partial charge >= 0.3 is 0 Å². The first kappa shape index (κ1) is 5.81. The lowest BCUT2D eigenvalue weighted by molar-refractivity contribution is -0.588. The van der Waals surface area contributed by atoms with Crippen LogP contribution in [0.25, 0.3) is 0 Å². The Balaban J connectivity index is 3.43. The van der Waals surface area contributed by atoms with E-state index in [0.29, 0.717) is 5.69 Å². The number of aryl methyl sites for hydroxylation is 1. The summed E-state index contributed by atoms with van der Waals surface area (Å²) in [4.78, 5) is 10.7. The van der Waals surface area contributed by atoms with Gasteiger partial charge in [-0.3, -0.25) is 0 Å². The summed E-state index contributed by atoms with van der Waals surface area (Å²) in [6, 6.07) is 3.10. The number of hydrogen-bond acceptors (Lipinski definition) is 2. The largest absolute Gasteiger partial charge is 0.755 e. The Morgan fingerprint density at radius 3 is 2.89 bits per heavy atom. The average Bonchev–Trinajstić information content (AvgIpc) is 1.83. The van der Waals surface area contributed by atoms with Gasteiger partial charge in [-0.15, -0.1) is 4.85 Å². The lowest BCUT2D eigenvalue weighted by Crippen LogP contribution is -2.27. The molecule has 0 fully saturated rings. The minimum atomic E-state index is 0.231. The summed E-state index contributed by atoms with van der Waals surface area (Å²) in [6.45, 7) is 1.57.